The van der Waals surface area contributed by atoms with Crippen LogP contribution < -0.4 is 20.7 Å². The number of rotatable bonds is 10. The van der Waals surface area contributed by atoms with Gasteiger partial charge in [0, 0.05) is 42.1 Å². The molecule has 14 rings (SSSR count). The average Bonchev–Trinajstić information content (AvgIpc) is 4.05. The van der Waals surface area contributed by atoms with Crippen molar-refractivity contribution in [1.29, 1.82) is 0 Å². The Balaban J connectivity index is 1.03. The van der Waals surface area contributed by atoms with E-state index in [1.165, 1.54) is 74.3 Å². The van der Waals surface area contributed by atoms with Gasteiger partial charge in [0.1, 0.15) is 0 Å². The molecule has 0 atom stereocenters. The fourth-order valence-corrected chi connectivity index (χ4v) is 17.4. The summed E-state index contributed by atoms with van der Waals surface area (Å²) in [6.45, 7) is 0. The molecule has 3 nitrogen and oxygen atoms in total. The first kappa shape index (κ1) is 44.4. The van der Waals surface area contributed by atoms with Gasteiger partial charge in [-0.15, -0.1) is 11.3 Å². The number of hydrogen-bond donors (Lipinski definition) is 0. The van der Waals surface area contributed by atoms with Gasteiger partial charge in [0.25, 0.3) is 0 Å². The second-order valence-electron chi connectivity index (χ2n) is 19.3. The first-order chi connectivity index (χ1) is 37.2. The maximum atomic E-state index is 5.67. The number of thiophene rings is 1. The van der Waals surface area contributed by atoms with Crippen LogP contribution in [0, 0.1) is 0 Å². The first-order valence-corrected chi connectivity index (χ1v) is 28.4. The van der Waals surface area contributed by atoms with E-state index < -0.39 is 8.07 Å². The van der Waals surface area contributed by atoms with Crippen molar-refractivity contribution in [2.45, 2.75) is 0 Å². The highest BCUT2D eigenvalue weighted by atomic mass is 32.1. The molecule has 0 aliphatic rings. The van der Waals surface area contributed by atoms with Gasteiger partial charge in [-0.1, -0.05) is 243 Å². The molecule has 0 unspecified atom stereocenters. The number of fused-ring (bicyclic) bond motifs is 6. The Bertz CT molecular complexity index is 4330. The van der Waals surface area contributed by atoms with Gasteiger partial charge < -0.3 is 0 Å². The van der Waals surface area contributed by atoms with Crippen LogP contribution in [0.2, 0.25) is 0 Å². The highest BCUT2D eigenvalue weighted by Gasteiger charge is 2.42. The van der Waals surface area contributed by atoms with E-state index >= 15 is 0 Å². The molecule has 0 spiro atoms. The summed E-state index contributed by atoms with van der Waals surface area (Å²) in [5.41, 5.74) is 13.0. The van der Waals surface area contributed by atoms with E-state index in [9.17, 15) is 0 Å². The van der Waals surface area contributed by atoms with Crippen LogP contribution in [0.25, 0.3) is 104 Å². The summed E-state index contributed by atoms with van der Waals surface area (Å²) in [5, 5.41) is 9.98. The van der Waals surface area contributed by atoms with Gasteiger partial charge in [0.2, 0.25) is 5.95 Å². The maximum Gasteiger partial charge on any atom is 0.235 e. The van der Waals surface area contributed by atoms with Gasteiger partial charge in [0.15, 0.2) is 8.07 Å². The minimum Gasteiger partial charge on any atom is -0.278 e. The van der Waals surface area contributed by atoms with Gasteiger partial charge in [0.05, 0.1) is 22.4 Å². The fourth-order valence-electron chi connectivity index (χ4n) is 11.4. The minimum absolute atomic E-state index is 0.625. The molecule has 0 radical (unpaired) electrons. The Labute approximate surface area is 441 Å². The Kier molecular flexibility index (Phi) is 11.1. The molecule has 0 amide bonds. The number of benzene rings is 11. The molecule has 0 N–H and O–H groups in total. The van der Waals surface area contributed by atoms with Gasteiger partial charge in [-0.25, -0.2) is 9.97 Å². The topological polar surface area (TPSA) is 30.7 Å². The molecule has 0 aliphatic heterocycles. The molecule has 3 heterocycles. The van der Waals surface area contributed by atoms with Crippen LogP contribution in [0.1, 0.15) is 0 Å². The smallest absolute Gasteiger partial charge is 0.235 e. The zero-order chi connectivity index (χ0) is 49.7. The number of aromatic nitrogens is 3. The van der Waals surface area contributed by atoms with Crippen molar-refractivity contribution in [2.75, 3.05) is 0 Å². The van der Waals surface area contributed by atoms with Gasteiger partial charge in [-0.2, -0.15) is 0 Å². The lowest BCUT2D eigenvalue weighted by Crippen LogP contribution is -2.74. The molecule has 0 fully saturated rings. The molecule has 0 saturated carbocycles. The van der Waals surface area contributed by atoms with Crippen LogP contribution >= 0.6 is 11.3 Å². The molecule has 11 aromatic carbocycles. The van der Waals surface area contributed by atoms with Crippen LogP contribution in [0.5, 0.6) is 0 Å². The molecule has 0 saturated heterocycles. The third-order valence-electron chi connectivity index (χ3n) is 15.0. The van der Waals surface area contributed by atoms with Crippen molar-refractivity contribution >= 4 is 82.1 Å². The van der Waals surface area contributed by atoms with Gasteiger partial charge in [-0.05, 0) is 96.6 Å². The largest absolute Gasteiger partial charge is 0.278 e. The van der Waals surface area contributed by atoms with Crippen LogP contribution in [0.3, 0.4) is 0 Å². The summed E-state index contributed by atoms with van der Waals surface area (Å²) in [5.74, 6) is 0.625. The van der Waals surface area contributed by atoms with E-state index in [1.807, 2.05) is 11.3 Å². The molecule has 3 aromatic heterocycles. The van der Waals surface area contributed by atoms with Gasteiger partial charge in [-0.3, -0.25) is 4.57 Å². The highest BCUT2D eigenvalue weighted by Crippen LogP contribution is 2.39. The summed E-state index contributed by atoms with van der Waals surface area (Å²) >= 11 is 1.83. The van der Waals surface area contributed by atoms with E-state index in [1.54, 1.807) is 0 Å². The predicted molar refractivity (Wildman–Crippen MR) is 320 cm³/mol. The maximum absolute atomic E-state index is 5.67. The third-order valence-corrected chi connectivity index (χ3v) is 20.9. The molecule has 75 heavy (non-hydrogen) atoms. The fraction of sp³-hybridized carbons (Fsp3) is 0. The number of hydrogen-bond acceptors (Lipinski definition) is 3. The van der Waals surface area contributed by atoms with Crippen LogP contribution in [0.4, 0.5) is 0 Å². The highest BCUT2D eigenvalue weighted by molar-refractivity contribution is 7.25. The minimum atomic E-state index is -3.14. The van der Waals surface area contributed by atoms with Gasteiger partial charge >= 0.3 is 0 Å². The van der Waals surface area contributed by atoms with E-state index in [0.717, 1.165) is 44.3 Å². The van der Waals surface area contributed by atoms with E-state index in [0.29, 0.717) is 5.95 Å². The summed E-state index contributed by atoms with van der Waals surface area (Å²) in [4.78, 5) is 11.3. The van der Waals surface area contributed by atoms with E-state index in [4.69, 9.17) is 9.97 Å². The zero-order valence-electron chi connectivity index (χ0n) is 40.9. The van der Waals surface area contributed by atoms with Crippen molar-refractivity contribution in [2.24, 2.45) is 0 Å². The van der Waals surface area contributed by atoms with Crippen molar-refractivity contribution in [3.05, 3.63) is 285 Å². The van der Waals surface area contributed by atoms with E-state index in [2.05, 4.69) is 290 Å². The second-order valence-corrected chi connectivity index (χ2v) is 24.2. The molecule has 5 heteroatoms. The quantitative estimate of drug-likeness (QED) is 0.101. The molecule has 0 bridgehead atoms. The van der Waals surface area contributed by atoms with Crippen molar-refractivity contribution < 1.29 is 0 Å². The molecular weight excluding hydrogens is 943 g/mol. The van der Waals surface area contributed by atoms with E-state index in [-0.39, 0.29) is 0 Å². The van der Waals surface area contributed by atoms with Crippen LogP contribution in [-0.4, -0.2) is 22.6 Å². The van der Waals surface area contributed by atoms with Crippen LogP contribution in [0.15, 0.2) is 285 Å². The number of para-hydroxylation sites is 1. The number of nitrogens with zero attached hydrogens (tertiary/aromatic N) is 3. The normalized spacial score (nSPS) is 11.7. The van der Waals surface area contributed by atoms with Crippen molar-refractivity contribution in [3.8, 4) is 61.8 Å². The van der Waals surface area contributed by atoms with Crippen molar-refractivity contribution in [1.82, 2.24) is 14.5 Å². The standard InChI is InChI=1S/C70H47N3SSi/c1-5-20-48(21-6-1)51-26-17-31-57(42-51)75(56-29-11-4-12-30-56,58-32-18-27-52(43-58)49-22-7-2-8-23-49)59-33-19-28-54(44-59)64-47-65(55-39-41-69-63(46-55)61-35-14-16-37-68(61)74-69)72-70(71-64)73-66-36-15-13-34-60(66)62-45-53(38-40-67(62)73)50-24-9-3-10-25-50/h1-47H. The summed E-state index contributed by atoms with van der Waals surface area (Å²) < 4.78 is 4.80. The lowest BCUT2D eigenvalue weighted by molar-refractivity contribution is 0.996. The monoisotopic (exact) mass is 989 g/mol. The summed E-state index contributed by atoms with van der Waals surface area (Å²) in [6, 6.07) is 104. The Morgan fingerprint density at radius 2 is 0.680 bits per heavy atom. The molecular formula is C70H47N3SSi. The lowest BCUT2D eigenvalue weighted by Gasteiger charge is -2.35. The lowest BCUT2D eigenvalue weighted by atomic mass is 10.0. The summed E-state index contributed by atoms with van der Waals surface area (Å²) in [6.07, 6.45) is 0. The molecule has 14 aromatic rings. The first-order valence-electron chi connectivity index (χ1n) is 25.5. The predicted octanol–water partition coefficient (Wildman–Crippen LogP) is 15.7. The molecule has 0 aliphatic carbocycles. The zero-order valence-corrected chi connectivity index (χ0v) is 42.7. The Hall–Kier alpha value is -9.26. The summed E-state index contributed by atoms with van der Waals surface area (Å²) in [7, 11) is -3.14. The average molecular weight is 990 g/mol. The SMILES string of the molecule is c1ccc(-c2cccc([Si](c3ccccc3)(c3cccc(-c4ccccc4)c3)c3cccc(-c4cc(-c5ccc6sc7ccccc7c6c5)nc(-n5c6ccccc6c6cc(-c7ccccc7)ccc65)n4)c3)c2)cc1. The Morgan fingerprint density at radius 3 is 1.29 bits per heavy atom. The van der Waals surface area contributed by atoms with Crippen LogP contribution in [-0.2, 0) is 0 Å². The van der Waals surface area contributed by atoms with Crippen molar-refractivity contribution in [3.63, 3.8) is 0 Å². The molecule has 352 valence electrons. The Morgan fingerprint density at radius 1 is 0.267 bits per heavy atom. The second kappa shape index (κ2) is 18.7. The third kappa shape index (κ3) is 7.80.